The minimum Gasteiger partial charge on any atom is -0.337 e. The van der Waals surface area contributed by atoms with Gasteiger partial charge in [0.25, 0.3) is 0 Å². The Morgan fingerprint density at radius 1 is 1.41 bits per heavy atom. The molecule has 2 aromatic rings. The summed E-state index contributed by atoms with van der Waals surface area (Å²) in [7, 11) is 1.80. The molecule has 0 spiro atoms. The molecule has 6 heteroatoms. The Bertz CT molecular complexity index is 509. The van der Waals surface area contributed by atoms with E-state index >= 15 is 0 Å². The van der Waals surface area contributed by atoms with E-state index in [0.29, 0.717) is 21.8 Å². The van der Waals surface area contributed by atoms with Crippen LogP contribution in [-0.2, 0) is 0 Å². The van der Waals surface area contributed by atoms with Gasteiger partial charge in [-0.25, -0.2) is 4.39 Å². The van der Waals surface area contributed by atoms with Crippen molar-refractivity contribution in [1.82, 2.24) is 15.5 Å². The summed E-state index contributed by atoms with van der Waals surface area (Å²) in [4.78, 5) is 4.21. The number of aromatic nitrogens is 2. The molecule has 1 atom stereocenters. The molecule has 0 amide bonds. The Balaban J connectivity index is 2.36. The van der Waals surface area contributed by atoms with Gasteiger partial charge in [-0.3, -0.25) is 0 Å². The molecule has 4 nitrogen and oxygen atoms in total. The third kappa shape index (κ3) is 2.70. The van der Waals surface area contributed by atoms with Gasteiger partial charge < -0.3 is 9.84 Å². The van der Waals surface area contributed by atoms with Gasteiger partial charge in [0, 0.05) is 10.0 Å². The zero-order valence-corrected chi connectivity index (χ0v) is 11.0. The lowest BCUT2D eigenvalue weighted by Gasteiger charge is -2.01. The second kappa shape index (κ2) is 4.93. The van der Waals surface area contributed by atoms with Gasteiger partial charge in [0.2, 0.25) is 11.7 Å². The van der Waals surface area contributed by atoms with Crippen molar-refractivity contribution in [3.05, 3.63) is 34.4 Å². The molecule has 0 aliphatic heterocycles. The van der Waals surface area contributed by atoms with Crippen LogP contribution in [0.2, 0.25) is 0 Å². The molecule has 1 unspecified atom stereocenters. The molecule has 1 aromatic carbocycles. The zero-order chi connectivity index (χ0) is 12.4. The number of halogens is 2. The maximum atomic E-state index is 13.2. The maximum absolute atomic E-state index is 13.2. The SMILES string of the molecule is CNC(C)c1nc(-c2cc(F)cc(Br)c2)no1. The average Bonchev–Trinajstić information content (AvgIpc) is 2.76. The van der Waals surface area contributed by atoms with Crippen molar-refractivity contribution in [2.24, 2.45) is 0 Å². The quantitative estimate of drug-likeness (QED) is 0.947. The fourth-order valence-electron chi connectivity index (χ4n) is 1.33. The molecule has 17 heavy (non-hydrogen) atoms. The Kier molecular flexibility index (Phi) is 3.54. The van der Waals surface area contributed by atoms with Crippen molar-refractivity contribution in [2.75, 3.05) is 7.05 Å². The van der Waals surface area contributed by atoms with Gasteiger partial charge in [-0.05, 0) is 32.2 Å². The van der Waals surface area contributed by atoms with Crippen LogP contribution in [-0.4, -0.2) is 17.2 Å². The molecular formula is C11H11BrFN3O. The van der Waals surface area contributed by atoms with Crippen molar-refractivity contribution in [3.8, 4) is 11.4 Å². The number of hydrogen-bond acceptors (Lipinski definition) is 4. The van der Waals surface area contributed by atoms with Crippen LogP contribution in [0, 0.1) is 5.82 Å². The van der Waals surface area contributed by atoms with Crippen LogP contribution < -0.4 is 5.32 Å². The first-order valence-electron chi connectivity index (χ1n) is 5.07. The summed E-state index contributed by atoms with van der Waals surface area (Å²) in [6.07, 6.45) is 0. The highest BCUT2D eigenvalue weighted by molar-refractivity contribution is 9.10. The Morgan fingerprint density at radius 2 is 2.18 bits per heavy atom. The fraction of sp³-hybridized carbons (Fsp3) is 0.273. The minimum absolute atomic E-state index is 0.0340. The van der Waals surface area contributed by atoms with E-state index in [2.05, 4.69) is 31.4 Å². The van der Waals surface area contributed by atoms with Gasteiger partial charge in [0.1, 0.15) is 5.82 Å². The second-order valence-electron chi connectivity index (χ2n) is 3.62. The molecule has 1 aromatic heterocycles. The van der Waals surface area contributed by atoms with Crippen molar-refractivity contribution >= 4 is 15.9 Å². The molecule has 1 N–H and O–H groups in total. The summed E-state index contributed by atoms with van der Waals surface area (Å²) in [5.74, 6) is 0.507. The second-order valence-corrected chi connectivity index (χ2v) is 4.54. The van der Waals surface area contributed by atoms with E-state index in [-0.39, 0.29) is 11.9 Å². The van der Waals surface area contributed by atoms with Gasteiger partial charge in [0.05, 0.1) is 6.04 Å². The summed E-state index contributed by atoms with van der Waals surface area (Å²) in [5.41, 5.74) is 0.579. The predicted molar refractivity (Wildman–Crippen MR) is 64.9 cm³/mol. The summed E-state index contributed by atoms with van der Waals surface area (Å²) < 4.78 is 18.9. The van der Waals surface area contributed by atoms with E-state index in [1.807, 2.05) is 6.92 Å². The number of rotatable bonds is 3. The Hall–Kier alpha value is -1.27. The molecule has 90 valence electrons. The highest BCUT2D eigenvalue weighted by atomic mass is 79.9. The number of hydrogen-bond donors (Lipinski definition) is 1. The summed E-state index contributed by atoms with van der Waals surface area (Å²) in [5, 5.41) is 6.81. The van der Waals surface area contributed by atoms with E-state index in [4.69, 9.17) is 4.52 Å². The third-order valence-corrected chi connectivity index (χ3v) is 2.82. The van der Waals surface area contributed by atoms with Crippen molar-refractivity contribution in [3.63, 3.8) is 0 Å². The molecule has 0 saturated heterocycles. The largest absolute Gasteiger partial charge is 0.337 e. The van der Waals surface area contributed by atoms with Gasteiger partial charge in [-0.15, -0.1) is 0 Å². The number of benzene rings is 1. The smallest absolute Gasteiger partial charge is 0.243 e. The van der Waals surface area contributed by atoms with E-state index < -0.39 is 0 Å². The Labute approximate surface area is 106 Å². The highest BCUT2D eigenvalue weighted by Crippen LogP contribution is 2.23. The summed E-state index contributed by atoms with van der Waals surface area (Å²) in [6.45, 7) is 1.90. The maximum Gasteiger partial charge on any atom is 0.243 e. The molecule has 0 aliphatic carbocycles. The normalized spacial score (nSPS) is 12.7. The third-order valence-electron chi connectivity index (χ3n) is 2.37. The lowest BCUT2D eigenvalue weighted by molar-refractivity contribution is 0.347. The van der Waals surface area contributed by atoms with Gasteiger partial charge >= 0.3 is 0 Å². The fourth-order valence-corrected chi connectivity index (χ4v) is 1.80. The van der Waals surface area contributed by atoms with Crippen LogP contribution in [0.5, 0.6) is 0 Å². The molecule has 0 bridgehead atoms. The van der Waals surface area contributed by atoms with E-state index in [1.165, 1.54) is 12.1 Å². The number of nitrogens with one attached hydrogen (secondary N) is 1. The lowest BCUT2D eigenvalue weighted by atomic mass is 10.2. The predicted octanol–water partition coefficient (Wildman–Crippen LogP) is 2.92. The van der Waals surface area contributed by atoms with Crippen molar-refractivity contribution in [2.45, 2.75) is 13.0 Å². The lowest BCUT2D eigenvalue weighted by Crippen LogP contribution is -2.12. The van der Waals surface area contributed by atoms with Crippen LogP contribution in [0.15, 0.2) is 27.2 Å². The minimum atomic E-state index is -0.345. The average molecular weight is 300 g/mol. The highest BCUT2D eigenvalue weighted by Gasteiger charge is 2.14. The van der Waals surface area contributed by atoms with Crippen LogP contribution in [0.3, 0.4) is 0 Å². The van der Waals surface area contributed by atoms with Crippen molar-refractivity contribution in [1.29, 1.82) is 0 Å². The molecule has 0 saturated carbocycles. The molecule has 0 aliphatic rings. The first-order chi connectivity index (χ1) is 8.10. The van der Waals surface area contributed by atoms with Gasteiger partial charge in [0.15, 0.2) is 0 Å². The Morgan fingerprint density at radius 3 is 2.82 bits per heavy atom. The summed E-state index contributed by atoms with van der Waals surface area (Å²) >= 11 is 3.22. The van der Waals surface area contributed by atoms with E-state index in [0.717, 1.165) is 0 Å². The number of nitrogens with zero attached hydrogens (tertiary/aromatic N) is 2. The molecule has 0 fully saturated rings. The van der Waals surface area contributed by atoms with Crippen LogP contribution >= 0.6 is 15.9 Å². The molecule has 1 heterocycles. The molecular weight excluding hydrogens is 289 g/mol. The standard InChI is InChI=1S/C11H11BrFN3O/c1-6(14-2)11-15-10(16-17-11)7-3-8(12)5-9(13)4-7/h3-6,14H,1-2H3. The zero-order valence-electron chi connectivity index (χ0n) is 9.37. The molecule has 0 radical (unpaired) electrons. The van der Waals surface area contributed by atoms with Gasteiger partial charge in [-0.1, -0.05) is 21.1 Å². The van der Waals surface area contributed by atoms with E-state index in [9.17, 15) is 4.39 Å². The first kappa shape index (κ1) is 12.2. The molecule has 2 rings (SSSR count). The van der Waals surface area contributed by atoms with Crippen LogP contribution in [0.25, 0.3) is 11.4 Å². The first-order valence-corrected chi connectivity index (χ1v) is 5.87. The van der Waals surface area contributed by atoms with Gasteiger partial charge in [-0.2, -0.15) is 4.98 Å². The van der Waals surface area contributed by atoms with Crippen LogP contribution in [0.1, 0.15) is 18.9 Å². The summed E-state index contributed by atoms with van der Waals surface area (Å²) in [6, 6.07) is 4.44. The van der Waals surface area contributed by atoms with Crippen LogP contribution in [0.4, 0.5) is 4.39 Å². The monoisotopic (exact) mass is 299 g/mol. The van der Waals surface area contributed by atoms with Crippen molar-refractivity contribution < 1.29 is 8.91 Å². The van der Waals surface area contributed by atoms with E-state index in [1.54, 1.807) is 13.1 Å². The topological polar surface area (TPSA) is 51.0 Å².